The van der Waals surface area contributed by atoms with E-state index in [1.54, 1.807) is 11.8 Å². The number of hydrogen-bond acceptors (Lipinski definition) is 2. The molecule has 2 rings (SSSR count). The summed E-state index contributed by atoms with van der Waals surface area (Å²) < 4.78 is -0.187. The maximum atomic E-state index is 9.45. The van der Waals surface area contributed by atoms with E-state index < -0.39 is 0 Å². The number of aryl methyl sites for hydroxylation is 1. The van der Waals surface area contributed by atoms with Crippen LogP contribution in [0.1, 0.15) is 31.7 Å². The van der Waals surface area contributed by atoms with Crippen molar-refractivity contribution in [1.82, 2.24) is 0 Å². The number of nitrogens with zero attached hydrogens (tertiary/aromatic N) is 1. The average molecular weight is 231 g/mol. The van der Waals surface area contributed by atoms with Gasteiger partial charge in [-0.05, 0) is 37.8 Å². The molecule has 2 unspecified atom stereocenters. The molecule has 1 aromatic carbocycles. The van der Waals surface area contributed by atoms with Crippen molar-refractivity contribution in [2.45, 2.75) is 42.8 Å². The Kier molecular flexibility index (Phi) is 3.25. The quantitative estimate of drug-likeness (QED) is 0.762. The first-order chi connectivity index (χ1) is 7.66. The first kappa shape index (κ1) is 11.5. The molecule has 1 aliphatic rings. The van der Waals surface area contributed by atoms with Gasteiger partial charge in [0.1, 0.15) is 4.75 Å². The third-order valence-corrected chi connectivity index (χ3v) is 5.01. The van der Waals surface area contributed by atoms with Gasteiger partial charge in [0, 0.05) is 4.90 Å². The molecule has 1 aliphatic carbocycles. The van der Waals surface area contributed by atoms with E-state index in [1.807, 2.05) is 0 Å². The minimum atomic E-state index is -0.187. The van der Waals surface area contributed by atoms with Crippen LogP contribution in [0.2, 0.25) is 0 Å². The molecule has 84 valence electrons. The number of benzene rings is 1. The Labute approximate surface area is 102 Å². The molecule has 2 heteroatoms. The lowest BCUT2D eigenvalue weighted by Gasteiger charge is -2.25. The molecular weight excluding hydrogens is 214 g/mol. The highest BCUT2D eigenvalue weighted by Crippen LogP contribution is 2.48. The van der Waals surface area contributed by atoms with Crippen LogP contribution in [0, 0.1) is 24.2 Å². The minimum Gasteiger partial charge on any atom is -0.197 e. The molecular formula is C14H17NS. The van der Waals surface area contributed by atoms with Gasteiger partial charge in [-0.1, -0.05) is 31.0 Å². The van der Waals surface area contributed by atoms with Crippen molar-refractivity contribution in [2.75, 3.05) is 0 Å². The van der Waals surface area contributed by atoms with Crippen molar-refractivity contribution in [2.24, 2.45) is 5.92 Å². The highest BCUT2D eigenvalue weighted by molar-refractivity contribution is 8.01. The van der Waals surface area contributed by atoms with E-state index in [9.17, 15) is 5.26 Å². The Balaban J connectivity index is 2.23. The van der Waals surface area contributed by atoms with Crippen molar-refractivity contribution in [1.29, 1.82) is 5.26 Å². The van der Waals surface area contributed by atoms with E-state index in [2.05, 4.69) is 44.2 Å². The third kappa shape index (κ3) is 2.10. The van der Waals surface area contributed by atoms with Crippen molar-refractivity contribution in [3.05, 3.63) is 29.8 Å². The fourth-order valence-corrected chi connectivity index (χ4v) is 3.80. The Hall–Kier alpha value is -0.940. The van der Waals surface area contributed by atoms with E-state index in [0.717, 1.165) is 6.42 Å². The van der Waals surface area contributed by atoms with Crippen LogP contribution >= 0.6 is 11.8 Å². The number of thioether (sulfide) groups is 1. The first-order valence-corrected chi connectivity index (χ1v) is 6.65. The molecule has 0 radical (unpaired) electrons. The van der Waals surface area contributed by atoms with E-state index in [-0.39, 0.29) is 4.75 Å². The van der Waals surface area contributed by atoms with Gasteiger partial charge in [0.05, 0.1) is 6.07 Å². The maximum absolute atomic E-state index is 9.45. The summed E-state index contributed by atoms with van der Waals surface area (Å²) >= 11 is 1.76. The second kappa shape index (κ2) is 4.51. The number of nitriles is 1. The van der Waals surface area contributed by atoms with E-state index in [4.69, 9.17) is 0 Å². The van der Waals surface area contributed by atoms with Gasteiger partial charge in [0.15, 0.2) is 0 Å². The zero-order valence-corrected chi connectivity index (χ0v) is 10.7. The highest BCUT2D eigenvalue weighted by atomic mass is 32.2. The van der Waals surface area contributed by atoms with Crippen LogP contribution in [0.15, 0.2) is 29.2 Å². The Morgan fingerprint density at radius 2 is 2.31 bits per heavy atom. The molecule has 2 atom stereocenters. The molecule has 1 fully saturated rings. The van der Waals surface area contributed by atoms with Gasteiger partial charge in [-0.2, -0.15) is 5.26 Å². The largest absolute Gasteiger partial charge is 0.197 e. The molecule has 0 aromatic heterocycles. The van der Waals surface area contributed by atoms with Gasteiger partial charge < -0.3 is 0 Å². The lowest BCUT2D eigenvalue weighted by atomic mass is 9.99. The second-order valence-corrected chi connectivity index (χ2v) is 6.12. The summed E-state index contributed by atoms with van der Waals surface area (Å²) in [6.07, 6.45) is 3.41. The average Bonchev–Trinajstić information content (AvgIpc) is 2.61. The summed E-state index contributed by atoms with van der Waals surface area (Å²) in [5, 5.41) is 9.45. The fourth-order valence-electron chi connectivity index (χ4n) is 2.38. The van der Waals surface area contributed by atoms with Crippen molar-refractivity contribution in [3.8, 4) is 6.07 Å². The Bertz CT molecular complexity index is 421. The van der Waals surface area contributed by atoms with Crippen molar-refractivity contribution >= 4 is 11.8 Å². The van der Waals surface area contributed by atoms with Crippen LogP contribution in [-0.2, 0) is 0 Å². The van der Waals surface area contributed by atoms with Gasteiger partial charge in [-0.3, -0.25) is 0 Å². The second-order valence-electron chi connectivity index (χ2n) is 4.71. The predicted molar refractivity (Wildman–Crippen MR) is 68.4 cm³/mol. The van der Waals surface area contributed by atoms with Crippen LogP contribution in [0.3, 0.4) is 0 Å². The zero-order valence-electron chi connectivity index (χ0n) is 9.86. The number of hydrogen-bond donors (Lipinski definition) is 0. The normalized spacial score (nSPS) is 28.9. The van der Waals surface area contributed by atoms with Gasteiger partial charge in [0.2, 0.25) is 0 Å². The first-order valence-electron chi connectivity index (χ1n) is 5.83. The molecule has 0 heterocycles. The lowest BCUT2D eigenvalue weighted by Crippen LogP contribution is -2.25. The predicted octanol–water partition coefficient (Wildman–Crippen LogP) is 4.17. The molecule has 0 N–H and O–H groups in total. The topological polar surface area (TPSA) is 23.8 Å². The SMILES string of the molecule is Cc1cccc(SC2(C#N)CCCC2C)c1. The molecule has 16 heavy (non-hydrogen) atoms. The summed E-state index contributed by atoms with van der Waals surface area (Å²) in [5.41, 5.74) is 1.27. The minimum absolute atomic E-state index is 0.187. The van der Waals surface area contributed by atoms with Crippen LogP contribution < -0.4 is 0 Å². The Morgan fingerprint density at radius 3 is 2.88 bits per heavy atom. The molecule has 1 nitrogen and oxygen atoms in total. The molecule has 1 saturated carbocycles. The van der Waals surface area contributed by atoms with E-state index in [1.165, 1.54) is 23.3 Å². The molecule has 0 aliphatic heterocycles. The molecule has 1 aromatic rings. The standard InChI is InChI=1S/C14H17NS/c1-11-5-3-7-13(9-11)16-14(10-15)8-4-6-12(14)2/h3,5,7,9,12H,4,6,8H2,1-2H3. The van der Waals surface area contributed by atoms with E-state index in [0.29, 0.717) is 5.92 Å². The summed E-state index contributed by atoms with van der Waals surface area (Å²) in [7, 11) is 0. The third-order valence-electron chi connectivity index (χ3n) is 3.46. The van der Waals surface area contributed by atoms with Crippen molar-refractivity contribution in [3.63, 3.8) is 0 Å². The molecule has 0 amide bonds. The van der Waals surface area contributed by atoms with Crippen LogP contribution in [-0.4, -0.2) is 4.75 Å². The zero-order chi connectivity index (χ0) is 11.6. The molecule has 0 saturated heterocycles. The van der Waals surface area contributed by atoms with Crippen LogP contribution in [0.5, 0.6) is 0 Å². The number of rotatable bonds is 2. The summed E-state index contributed by atoms with van der Waals surface area (Å²) in [4.78, 5) is 1.23. The smallest absolute Gasteiger partial charge is 0.110 e. The monoisotopic (exact) mass is 231 g/mol. The Morgan fingerprint density at radius 1 is 1.50 bits per heavy atom. The summed E-state index contributed by atoms with van der Waals surface area (Å²) in [6, 6.07) is 11.0. The van der Waals surface area contributed by atoms with Crippen molar-refractivity contribution < 1.29 is 0 Å². The highest BCUT2D eigenvalue weighted by Gasteiger charge is 2.41. The fraction of sp³-hybridized carbons (Fsp3) is 0.500. The van der Waals surface area contributed by atoms with Crippen LogP contribution in [0.4, 0.5) is 0 Å². The summed E-state index contributed by atoms with van der Waals surface area (Å²) in [6.45, 7) is 4.31. The van der Waals surface area contributed by atoms with Gasteiger partial charge in [-0.15, -0.1) is 11.8 Å². The summed E-state index contributed by atoms with van der Waals surface area (Å²) in [5.74, 6) is 0.503. The van der Waals surface area contributed by atoms with Gasteiger partial charge in [0.25, 0.3) is 0 Å². The van der Waals surface area contributed by atoms with Gasteiger partial charge in [-0.25, -0.2) is 0 Å². The maximum Gasteiger partial charge on any atom is 0.110 e. The molecule has 0 bridgehead atoms. The van der Waals surface area contributed by atoms with E-state index >= 15 is 0 Å². The molecule has 0 spiro atoms. The van der Waals surface area contributed by atoms with Gasteiger partial charge >= 0.3 is 0 Å². The lowest BCUT2D eigenvalue weighted by molar-refractivity contribution is 0.554. The van der Waals surface area contributed by atoms with Crippen LogP contribution in [0.25, 0.3) is 0 Å².